The van der Waals surface area contributed by atoms with Crippen molar-refractivity contribution in [1.82, 2.24) is 4.98 Å². The van der Waals surface area contributed by atoms with Crippen LogP contribution in [-0.4, -0.2) is 4.98 Å². The lowest BCUT2D eigenvalue weighted by molar-refractivity contribution is 0.649. The van der Waals surface area contributed by atoms with E-state index in [1.54, 1.807) is 0 Å². The first kappa shape index (κ1) is 9.20. The predicted molar refractivity (Wildman–Crippen MR) is 60.3 cm³/mol. The molecule has 72 valence electrons. The van der Waals surface area contributed by atoms with Crippen molar-refractivity contribution in [1.29, 1.82) is 0 Å². The van der Waals surface area contributed by atoms with Crippen LogP contribution in [-0.2, 0) is 6.42 Å². The van der Waals surface area contributed by atoms with E-state index in [0.29, 0.717) is 5.92 Å². The molecule has 1 aromatic carbocycles. The molecule has 0 aliphatic carbocycles. The minimum absolute atomic E-state index is 0.683. The highest BCUT2D eigenvalue weighted by molar-refractivity contribution is 5.84. The second kappa shape index (κ2) is 3.79. The Morgan fingerprint density at radius 3 is 2.71 bits per heavy atom. The number of hydrogen-bond donors (Lipinski definition) is 0. The van der Waals surface area contributed by atoms with Gasteiger partial charge in [-0.05, 0) is 23.3 Å². The summed E-state index contributed by atoms with van der Waals surface area (Å²) in [6.07, 6.45) is 5.02. The van der Waals surface area contributed by atoms with Gasteiger partial charge in [-0.15, -0.1) is 0 Å². The van der Waals surface area contributed by atoms with Gasteiger partial charge in [0.05, 0.1) is 0 Å². The molecule has 1 aromatic heterocycles. The number of benzene rings is 1. The van der Waals surface area contributed by atoms with Crippen molar-refractivity contribution in [3.63, 3.8) is 0 Å². The number of nitrogens with zero attached hydrogens (tertiary/aromatic N) is 1. The van der Waals surface area contributed by atoms with E-state index in [9.17, 15) is 0 Å². The molecule has 2 rings (SSSR count). The van der Waals surface area contributed by atoms with E-state index < -0.39 is 0 Å². The fourth-order valence-electron chi connectivity index (χ4n) is 1.78. The molecule has 0 fully saturated rings. The Morgan fingerprint density at radius 2 is 1.93 bits per heavy atom. The molecule has 0 aliphatic heterocycles. The molecule has 0 bridgehead atoms. The summed E-state index contributed by atoms with van der Waals surface area (Å²) < 4.78 is 0. The third-order valence-electron chi connectivity index (χ3n) is 2.38. The zero-order valence-corrected chi connectivity index (χ0v) is 8.70. The molecule has 0 radical (unpaired) electrons. The van der Waals surface area contributed by atoms with Gasteiger partial charge in [0.2, 0.25) is 0 Å². The molecule has 0 saturated heterocycles. The Balaban J connectivity index is 2.53. The Labute approximate surface area is 84.8 Å². The smallest absolute Gasteiger partial charge is 0.0346 e. The number of fused-ring (bicyclic) bond motifs is 1. The SMILES string of the molecule is CC(C)Cc1cncc2ccccc12. The van der Waals surface area contributed by atoms with Crippen molar-refractivity contribution >= 4 is 10.8 Å². The van der Waals surface area contributed by atoms with Crippen molar-refractivity contribution in [2.75, 3.05) is 0 Å². The Morgan fingerprint density at radius 1 is 1.14 bits per heavy atom. The topological polar surface area (TPSA) is 12.9 Å². The van der Waals surface area contributed by atoms with Crippen LogP contribution in [0.25, 0.3) is 10.8 Å². The second-order valence-corrected chi connectivity index (χ2v) is 4.12. The fourth-order valence-corrected chi connectivity index (χ4v) is 1.78. The zero-order chi connectivity index (χ0) is 9.97. The van der Waals surface area contributed by atoms with E-state index in [4.69, 9.17) is 0 Å². The van der Waals surface area contributed by atoms with Gasteiger partial charge in [-0.2, -0.15) is 0 Å². The van der Waals surface area contributed by atoms with E-state index >= 15 is 0 Å². The molecule has 2 aromatic rings. The fraction of sp³-hybridized carbons (Fsp3) is 0.308. The normalized spacial score (nSPS) is 11.1. The lowest BCUT2D eigenvalue weighted by Gasteiger charge is -2.07. The van der Waals surface area contributed by atoms with Crippen molar-refractivity contribution < 1.29 is 0 Å². The monoisotopic (exact) mass is 185 g/mol. The van der Waals surface area contributed by atoms with Gasteiger partial charge < -0.3 is 0 Å². The Bertz CT molecular complexity index is 427. The van der Waals surface area contributed by atoms with Gasteiger partial charge in [0.1, 0.15) is 0 Å². The summed E-state index contributed by atoms with van der Waals surface area (Å²) in [6, 6.07) is 8.44. The molecule has 1 nitrogen and oxygen atoms in total. The molecule has 0 unspecified atom stereocenters. The lowest BCUT2D eigenvalue weighted by Crippen LogP contribution is -1.95. The van der Waals surface area contributed by atoms with Gasteiger partial charge in [0.15, 0.2) is 0 Å². The quantitative estimate of drug-likeness (QED) is 0.698. The molecule has 0 N–H and O–H groups in total. The standard InChI is InChI=1S/C13H15N/c1-10(2)7-12-9-14-8-11-5-3-4-6-13(11)12/h3-6,8-10H,7H2,1-2H3. The maximum atomic E-state index is 4.27. The van der Waals surface area contributed by atoms with Crippen molar-refractivity contribution in [3.05, 3.63) is 42.2 Å². The van der Waals surface area contributed by atoms with Crippen molar-refractivity contribution in [2.24, 2.45) is 5.92 Å². The zero-order valence-electron chi connectivity index (χ0n) is 8.70. The largest absolute Gasteiger partial charge is 0.264 e. The lowest BCUT2D eigenvalue weighted by atomic mass is 9.99. The van der Waals surface area contributed by atoms with Gasteiger partial charge in [0.25, 0.3) is 0 Å². The summed E-state index contributed by atoms with van der Waals surface area (Å²) in [5.41, 5.74) is 1.36. The molecule has 0 aliphatic rings. The van der Waals surface area contributed by atoms with Crippen LogP contribution in [0.15, 0.2) is 36.7 Å². The van der Waals surface area contributed by atoms with Crippen LogP contribution in [0.3, 0.4) is 0 Å². The molecule has 0 atom stereocenters. The van der Waals surface area contributed by atoms with Crippen LogP contribution >= 0.6 is 0 Å². The third-order valence-corrected chi connectivity index (χ3v) is 2.38. The van der Waals surface area contributed by atoms with Gasteiger partial charge in [-0.25, -0.2) is 0 Å². The highest BCUT2D eigenvalue weighted by Crippen LogP contribution is 2.19. The Hall–Kier alpha value is -1.37. The molecule has 0 saturated carbocycles. The molecule has 14 heavy (non-hydrogen) atoms. The second-order valence-electron chi connectivity index (χ2n) is 4.12. The first-order valence-corrected chi connectivity index (χ1v) is 5.09. The minimum Gasteiger partial charge on any atom is -0.264 e. The molecular formula is C13H15N. The molecule has 1 heterocycles. The van der Waals surface area contributed by atoms with E-state index in [1.807, 2.05) is 12.4 Å². The van der Waals surface area contributed by atoms with Crippen LogP contribution < -0.4 is 0 Å². The predicted octanol–water partition coefficient (Wildman–Crippen LogP) is 3.43. The minimum atomic E-state index is 0.683. The summed E-state index contributed by atoms with van der Waals surface area (Å²) in [6.45, 7) is 4.48. The number of rotatable bonds is 2. The summed E-state index contributed by atoms with van der Waals surface area (Å²) in [7, 11) is 0. The summed E-state index contributed by atoms with van der Waals surface area (Å²) >= 11 is 0. The van der Waals surface area contributed by atoms with E-state index in [2.05, 4.69) is 43.1 Å². The summed E-state index contributed by atoms with van der Waals surface area (Å²) in [5, 5.41) is 2.59. The van der Waals surface area contributed by atoms with E-state index in [0.717, 1.165) is 6.42 Å². The van der Waals surface area contributed by atoms with Crippen LogP contribution in [0.4, 0.5) is 0 Å². The molecule has 0 spiro atoms. The van der Waals surface area contributed by atoms with Gasteiger partial charge in [-0.3, -0.25) is 4.98 Å². The highest BCUT2D eigenvalue weighted by Gasteiger charge is 2.02. The van der Waals surface area contributed by atoms with Crippen molar-refractivity contribution in [3.8, 4) is 0 Å². The van der Waals surface area contributed by atoms with Crippen LogP contribution in [0.2, 0.25) is 0 Å². The van der Waals surface area contributed by atoms with Gasteiger partial charge >= 0.3 is 0 Å². The molecule has 1 heteroatoms. The van der Waals surface area contributed by atoms with Gasteiger partial charge in [0, 0.05) is 17.8 Å². The van der Waals surface area contributed by atoms with Crippen LogP contribution in [0.1, 0.15) is 19.4 Å². The van der Waals surface area contributed by atoms with E-state index in [-0.39, 0.29) is 0 Å². The third kappa shape index (κ3) is 1.77. The van der Waals surface area contributed by atoms with Crippen molar-refractivity contribution in [2.45, 2.75) is 20.3 Å². The molecule has 0 amide bonds. The molecular weight excluding hydrogens is 170 g/mol. The average molecular weight is 185 g/mol. The maximum absolute atomic E-state index is 4.27. The maximum Gasteiger partial charge on any atom is 0.0346 e. The van der Waals surface area contributed by atoms with Crippen LogP contribution in [0.5, 0.6) is 0 Å². The number of hydrogen-bond acceptors (Lipinski definition) is 1. The summed E-state index contributed by atoms with van der Waals surface area (Å²) in [4.78, 5) is 4.27. The van der Waals surface area contributed by atoms with E-state index in [1.165, 1.54) is 16.3 Å². The first-order valence-electron chi connectivity index (χ1n) is 5.09. The Kier molecular flexibility index (Phi) is 2.49. The first-order chi connectivity index (χ1) is 6.77. The van der Waals surface area contributed by atoms with Gasteiger partial charge in [-0.1, -0.05) is 38.1 Å². The highest BCUT2D eigenvalue weighted by atomic mass is 14.6. The summed E-state index contributed by atoms with van der Waals surface area (Å²) in [5.74, 6) is 0.683. The number of aromatic nitrogens is 1. The number of pyridine rings is 1. The van der Waals surface area contributed by atoms with Crippen LogP contribution in [0, 0.1) is 5.92 Å². The average Bonchev–Trinajstić information content (AvgIpc) is 2.18.